The third kappa shape index (κ3) is 5.16. The third-order valence-electron chi connectivity index (χ3n) is 5.99. The number of hydrogen-bond acceptors (Lipinski definition) is 4. The average molecular weight is 385 g/mol. The number of halogens is 2. The predicted molar refractivity (Wildman–Crippen MR) is 101 cm³/mol. The van der Waals surface area contributed by atoms with Gasteiger partial charge in [0.05, 0.1) is 23.5 Å². The van der Waals surface area contributed by atoms with Crippen molar-refractivity contribution < 1.29 is 13.9 Å². The summed E-state index contributed by atoms with van der Waals surface area (Å²) in [6.07, 6.45) is 9.03. The number of pyridine rings is 1. The maximum atomic E-state index is 13.2. The molecular formula is C20H30ClFN2O2. The van der Waals surface area contributed by atoms with Gasteiger partial charge in [-0.15, -0.1) is 0 Å². The molecule has 4 nitrogen and oxygen atoms in total. The van der Waals surface area contributed by atoms with E-state index in [1.165, 1.54) is 31.5 Å². The monoisotopic (exact) mass is 384 g/mol. The molecular weight excluding hydrogens is 355 g/mol. The Bertz CT molecular complexity index is 567. The van der Waals surface area contributed by atoms with Gasteiger partial charge in [-0.25, -0.2) is 4.39 Å². The second-order valence-electron chi connectivity index (χ2n) is 7.78. The maximum Gasteiger partial charge on any atom is 0.142 e. The van der Waals surface area contributed by atoms with E-state index in [1.807, 2.05) is 0 Å². The standard InChI is InChI=1S/C20H30ClFN2O2/c1-25-14-20(7-10-26-11-8-20)24-9-6-15-2-4-16(5-3-15)19-18(21)12-17(22)13-23-19/h12-13,15-16,24H,2-11,14H2,1H3/t15-,16+. The summed E-state index contributed by atoms with van der Waals surface area (Å²) in [5.41, 5.74) is 0.946. The van der Waals surface area contributed by atoms with Crippen molar-refractivity contribution in [2.75, 3.05) is 33.5 Å². The van der Waals surface area contributed by atoms with Crippen LogP contribution in [0.15, 0.2) is 12.3 Å². The Morgan fingerprint density at radius 3 is 2.69 bits per heavy atom. The zero-order valence-corrected chi connectivity index (χ0v) is 16.4. The first-order valence-corrected chi connectivity index (χ1v) is 10.1. The first-order chi connectivity index (χ1) is 12.6. The van der Waals surface area contributed by atoms with Crippen LogP contribution in [0, 0.1) is 11.7 Å². The quantitative estimate of drug-likeness (QED) is 0.760. The Balaban J connectivity index is 1.44. The number of ether oxygens (including phenoxy) is 2. The molecule has 1 aromatic rings. The number of nitrogens with one attached hydrogen (secondary N) is 1. The fourth-order valence-corrected chi connectivity index (χ4v) is 4.71. The molecule has 0 aromatic carbocycles. The van der Waals surface area contributed by atoms with Crippen molar-refractivity contribution in [3.8, 4) is 0 Å². The molecule has 2 aliphatic rings. The van der Waals surface area contributed by atoms with E-state index in [-0.39, 0.29) is 11.4 Å². The molecule has 2 fully saturated rings. The fraction of sp³-hybridized carbons (Fsp3) is 0.750. The minimum absolute atomic E-state index is 0.0791. The summed E-state index contributed by atoms with van der Waals surface area (Å²) in [5.74, 6) is 0.733. The SMILES string of the molecule is COCC1(NCC[C@H]2CC[C@@H](c3ncc(F)cc3Cl)CC2)CCOCC1. The molecule has 1 aliphatic carbocycles. The van der Waals surface area contributed by atoms with Crippen LogP contribution in [0.25, 0.3) is 0 Å². The lowest BCUT2D eigenvalue weighted by Crippen LogP contribution is -2.53. The summed E-state index contributed by atoms with van der Waals surface area (Å²) in [6.45, 7) is 3.39. The van der Waals surface area contributed by atoms with E-state index in [0.29, 0.717) is 10.9 Å². The second-order valence-corrected chi connectivity index (χ2v) is 8.19. The Labute approximate surface area is 160 Å². The van der Waals surface area contributed by atoms with E-state index in [1.54, 1.807) is 7.11 Å². The Kier molecular flexibility index (Phi) is 7.27. The van der Waals surface area contributed by atoms with Crippen LogP contribution in [0.3, 0.4) is 0 Å². The largest absolute Gasteiger partial charge is 0.383 e. The third-order valence-corrected chi connectivity index (χ3v) is 6.30. The lowest BCUT2D eigenvalue weighted by atomic mass is 9.79. The van der Waals surface area contributed by atoms with Crippen LogP contribution in [0.5, 0.6) is 0 Å². The Hall–Kier alpha value is -0.750. The molecule has 0 unspecified atom stereocenters. The molecule has 1 aromatic heterocycles. The molecule has 26 heavy (non-hydrogen) atoms. The molecule has 1 N–H and O–H groups in total. The van der Waals surface area contributed by atoms with Crippen LogP contribution in [0.2, 0.25) is 5.02 Å². The molecule has 2 heterocycles. The molecule has 3 rings (SSSR count). The van der Waals surface area contributed by atoms with E-state index in [4.69, 9.17) is 21.1 Å². The summed E-state index contributed by atoms with van der Waals surface area (Å²) in [4.78, 5) is 4.23. The van der Waals surface area contributed by atoms with Crippen molar-refractivity contribution in [2.45, 2.75) is 56.4 Å². The smallest absolute Gasteiger partial charge is 0.142 e. The summed E-state index contributed by atoms with van der Waals surface area (Å²) < 4.78 is 24.1. The number of rotatable bonds is 7. The number of aromatic nitrogens is 1. The van der Waals surface area contributed by atoms with Gasteiger partial charge in [-0.05, 0) is 63.5 Å². The van der Waals surface area contributed by atoms with Crippen molar-refractivity contribution in [3.05, 3.63) is 28.8 Å². The normalized spacial score (nSPS) is 26.0. The van der Waals surface area contributed by atoms with Crippen molar-refractivity contribution in [1.82, 2.24) is 10.3 Å². The number of hydrogen-bond donors (Lipinski definition) is 1. The van der Waals surface area contributed by atoms with Gasteiger partial charge in [0.2, 0.25) is 0 Å². The minimum Gasteiger partial charge on any atom is -0.383 e. The zero-order valence-electron chi connectivity index (χ0n) is 15.6. The Morgan fingerprint density at radius 2 is 2.04 bits per heavy atom. The van der Waals surface area contributed by atoms with Gasteiger partial charge in [0.25, 0.3) is 0 Å². The van der Waals surface area contributed by atoms with Gasteiger partial charge in [0, 0.05) is 31.8 Å². The second kappa shape index (κ2) is 9.45. The molecule has 1 saturated heterocycles. The first kappa shape index (κ1) is 20.0. The van der Waals surface area contributed by atoms with Crippen LogP contribution in [0.1, 0.15) is 56.6 Å². The predicted octanol–water partition coefficient (Wildman–Crippen LogP) is 4.32. The number of nitrogens with zero attached hydrogens (tertiary/aromatic N) is 1. The van der Waals surface area contributed by atoms with Crippen LogP contribution in [-0.4, -0.2) is 44.0 Å². The van der Waals surface area contributed by atoms with Gasteiger partial charge >= 0.3 is 0 Å². The highest BCUT2D eigenvalue weighted by Crippen LogP contribution is 2.38. The van der Waals surface area contributed by atoms with E-state index >= 15 is 0 Å². The topological polar surface area (TPSA) is 43.4 Å². The first-order valence-electron chi connectivity index (χ1n) is 9.74. The molecule has 146 valence electrons. The van der Waals surface area contributed by atoms with Crippen LogP contribution in [0.4, 0.5) is 4.39 Å². The molecule has 1 saturated carbocycles. The average Bonchev–Trinajstić information content (AvgIpc) is 2.64. The highest BCUT2D eigenvalue weighted by Gasteiger charge is 2.32. The molecule has 0 bridgehead atoms. The van der Waals surface area contributed by atoms with Crippen molar-refractivity contribution in [3.63, 3.8) is 0 Å². The molecule has 0 amide bonds. The summed E-state index contributed by atoms with van der Waals surface area (Å²) in [7, 11) is 1.77. The zero-order chi connectivity index (χ0) is 18.4. The molecule has 0 atom stereocenters. The lowest BCUT2D eigenvalue weighted by Gasteiger charge is -2.38. The van der Waals surface area contributed by atoms with Gasteiger partial charge < -0.3 is 14.8 Å². The molecule has 0 spiro atoms. The van der Waals surface area contributed by atoms with Crippen LogP contribution < -0.4 is 5.32 Å². The van der Waals surface area contributed by atoms with Gasteiger partial charge in [-0.2, -0.15) is 0 Å². The van der Waals surface area contributed by atoms with Gasteiger partial charge in [-0.1, -0.05) is 11.6 Å². The van der Waals surface area contributed by atoms with E-state index in [2.05, 4.69) is 10.3 Å². The van der Waals surface area contributed by atoms with Gasteiger partial charge in [0.1, 0.15) is 5.82 Å². The Morgan fingerprint density at radius 1 is 1.31 bits per heavy atom. The summed E-state index contributed by atoms with van der Waals surface area (Å²) in [6, 6.07) is 1.38. The van der Waals surface area contributed by atoms with Crippen molar-refractivity contribution in [2.24, 2.45) is 5.92 Å². The van der Waals surface area contributed by atoms with Gasteiger partial charge in [-0.3, -0.25) is 4.98 Å². The van der Waals surface area contributed by atoms with Crippen molar-refractivity contribution in [1.29, 1.82) is 0 Å². The lowest BCUT2D eigenvalue weighted by molar-refractivity contribution is 0.0000458. The summed E-state index contributed by atoms with van der Waals surface area (Å²) >= 11 is 6.18. The molecule has 6 heteroatoms. The highest BCUT2D eigenvalue weighted by atomic mass is 35.5. The maximum absolute atomic E-state index is 13.2. The highest BCUT2D eigenvalue weighted by molar-refractivity contribution is 6.31. The van der Waals surface area contributed by atoms with E-state index in [0.717, 1.165) is 63.7 Å². The number of methoxy groups -OCH3 is 1. The summed E-state index contributed by atoms with van der Waals surface area (Å²) in [5, 5.41) is 4.23. The van der Waals surface area contributed by atoms with Crippen molar-refractivity contribution >= 4 is 11.6 Å². The van der Waals surface area contributed by atoms with E-state index < -0.39 is 0 Å². The van der Waals surface area contributed by atoms with E-state index in [9.17, 15) is 4.39 Å². The molecule has 1 aliphatic heterocycles. The van der Waals surface area contributed by atoms with Crippen LogP contribution >= 0.6 is 11.6 Å². The van der Waals surface area contributed by atoms with Crippen LogP contribution in [-0.2, 0) is 9.47 Å². The minimum atomic E-state index is -0.364. The molecule has 0 radical (unpaired) electrons. The fourth-order valence-electron chi connectivity index (χ4n) is 4.40. The van der Waals surface area contributed by atoms with Gasteiger partial charge in [0.15, 0.2) is 0 Å².